The minimum atomic E-state index is -0.364. The molecule has 4 aromatic rings. The van der Waals surface area contributed by atoms with Gasteiger partial charge in [0.15, 0.2) is 12.2 Å². The molecular formula is C22H16Cl2N2O3. The van der Waals surface area contributed by atoms with Crippen molar-refractivity contribution in [2.45, 2.75) is 6.92 Å². The number of halogens is 2. The highest BCUT2D eigenvalue weighted by Crippen LogP contribution is 2.31. The van der Waals surface area contributed by atoms with E-state index in [1.807, 2.05) is 25.1 Å². The molecule has 0 saturated heterocycles. The van der Waals surface area contributed by atoms with Gasteiger partial charge in [0.2, 0.25) is 5.89 Å². The number of para-hydroxylation sites is 1. The van der Waals surface area contributed by atoms with E-state index in [4.69, 9.17) is 32.4 Å². The Balaban J connectivity index is 1.51. The molecular weight excluding hydrogens is 411 g/mol. The molecule has 0 bridgehead atoms. The molecule has 29 heavy (non-hydrogen) atoms. The standard InChI is InChI=1S/C22H16Cl2N2O3/c1-13-6-9-17-20(10-13)29-22(26-17)14-7-8-15(23)18(11-14)25-21(27)12-28-19-5-3-2-4-16(19)24/h2-11H,12H2,1H3,(H,25,27). The SMILES string of the molecule is Cc1ccc2nc(-c3ccc(Cl)c(NC(=O)COc4ccccc4Cl)c3)oc2c1. The number of aromatic nitrogens is 1. The van der Waals surface area contributed by atoms with E-state index in [2.05, 4.69) is 10.3 Å². The molecule has 4 rings (SSSR count). The van der Waals surface area contributed by atoms with Gasteiger partial charge >= 0.3 is 0 Å². The Labute approximate surface area is 177 Å². The molecule has 0 saturated carbocycles. The van der Waals surface area contributed by atoms with Crippen molar-refractivity contribution in [1.82, 2.24) is 4.98 Å². The first-order valence-corrected chi connectivity index (χ1v) is 9.59. The van der Waals surface area contributed by atoms with Crippen LogP contribution in [0.3, 0.4) is 0 Å². The topological polar surface area (TPSA) is 64.4 Å². The van der Waals surface area contributed by atoms with Gasteiger partial charge in [-0.25, -0.2) is 4.98 Å². The average molecular weight is 427 g/mol. The Hall–Kier alpha value is -3.02. The van der Waals surface area contributed by atoms with Gasteiger partial charge in [0.05, 0.1) is 15.7 Å². The highest BCUT2D eigenvalue weighted by Gasteiger charge is 2.13. The Bertz CT molecular complexity index is 1200. The van der Waals surface area contributed by atoms with Crippen molar-refractivity contribution in [2.24, 2.45) is 0 Å². The summed E-state index contributed by atoms with van der Waals surface area (Å²) in [5, 5.41) is 3.58. The zero-order valence-corrected chi connectivity index (χ0v) is 16.9. The molecule has 0 radical (unpaired) electrons. The third kappa shape index (κ3) is 4.36. The van der Waals surface area contributed by atoms with Gasteiger partial charge in [-0.15, -0.1) is 0 Å². The number of nitrogens with one attached hydrogen (secondary N) is 1. The van der Waals surface area contributed by atoms with Gasteiger partial charge in [0.25, 0.3) is 5.91 Å². The molecule has 1 aromatic heterocycles. The van der Waals surface area contributed by atoms with Crippen molar-refractivity contribution in [3.05, 3.63) is 76.3 Å². The highest BCUT2D eigenvalue weighted by molar-refractivity contribution is 6.34. The van der Waals surface area contributed by atoms with Crippen LogP contribution in [0.2, 0.25) is 10.0 Å². The number of nitrogens with zero attached hydrogens (tertiary/aromatic N) is 1. The molecule has 0 aliphatic carbocycles. The zero-order valence-electron chi connectivity index (χ0n) is 15.4. The summed E-state index contributed by atoms with van der Waals surface area (Å²) in [7, 11) is 0. The number of anilines is 1. The van der Waals surface area contributed by atoms with E-state index in [1.165, 1.54) is 0 Å². The van der Waals surface area contributed by atoms with Crippen LogP contribution in [0.25, 0.3) is 22.6 Å². The van der Waals surface area contributed by atoms with E-state index in [-0.39, 0.29) is 12.5 Å². The van der Waals surface area contributed by atoms with Gasteiger partial charge < -0.3 is 14.5 Å². The number of hydrogen-bond donors (Lipinski definition) is 1. The van der Waals surface area contributed by atoms with Gasteiger partial charge in [-0.3, -0.25) is 4.79 Å². The molecule has 0 unspecified atom stereocenters. The van der Waals surface area contributed by atoms with Gasteiger partial charge in [-0.1, -0.05) is 41.4 Å². The van der Waals surface area contributed by atoms with E-state index in [9.17, 15) is 4.79 Å². The van der Waals surface area contributed by atoms with Crippen molar-refractivity contribution in [2.75, 3.05) is 11.9 Å². The summed E-state index contributed by atoms with van der Waals surface area (Å²) in [4.78, 5) is 16.8. The maximum absolute atomic E-state index is 12.3. The predicted octanol–water partition coefficient (Wildman–Crippen LogP) is 6.13. The lowest BCUT2D eigenvalue weighted by atomic mass is 10.2. The average Bonchev–Trinajstić information content (AvgIpc) is 3.12. The van der Waals surface area contributed by atoms with Gasteiger partial charge in [-0.2, -0.15) is 0 Å². The second-order valence-electron chi connectivity index (χ2n) is 6.45. The first-order valence-electron chi connectivity index (χ1n) is 8.84. The van der Waals surface area contributed by atoms with Crippen LogP contribution in [-0.2, 0) is 4.79 Å². The summed E-state index contributed by atoms with van der Waals surface area (Å²) in [6.07, 6.45) is 0. The molecule has 1 heterocycles. The largest absolute Gasteiger partial charge is 0.482 e. The molecule has 1 amide bonds. The minimum Gasteiger partial charge on any atom is -0.482 e. The van der Waals surface area contributed by atoms with Crippen molar-refractivity contribution in [3.63, 3.8) is 0 Å². The van der Waals surface area contributed by atoms with E-state index >= 15 is 0 Å². The molecule has 0 atom stereocenters. The Kier molecular flexibility index (Phi) is 5.43. The summed E-state index contributed by atoms with van der Waals surface area (Å²) in [5.41, 5.74) is 3.69. The fraction of sp³-hybridized carbons (Fsp3) is 0.0909. The van der Waals surface area contributed by atoms with Crippen LogP contribution < -0.4 is 10.1 Å². The second-order valence-corrected chi connectivity index (χ2v) is 7.27. The Morgan fingerprint density at radius 2 is 1.90 bits per heavy atom. The molecule has 1 N–H and O–H groups in total. The smallest absolute Gasteiger partial charge is 0.262 e. The summed E-state index contributed by atoms with van der Waals surface area (Å²) in [6.45, 7) is 1.79. The molecule has 0 fully saturated rings. The van der Waals surface area contributed by atoms with Crippen molar-refractivity contribution in [3.8, 4) is 17.2 Å². The molecule has 3 aromatic carbocycles. The highest BCUT2D eigenvalue weighted by atomic mass is 35.5. The molecule has 0 spiro atoms. The minimum absolute atomic E-state index is 0.202. The van der Waals surface area contributed by atoms with Gasteiger partial charge in [0.1, 0.15) is 11.3 Å². The normalized spacial score (nSPS) is 10.9. The third-order valence-corrected chi connectivity index (χ3v) is 4.87. The number of aryl methyl sites for hydroxylation is 1. The lowest BCUT2D eigenvalue weighted by Gasteiger charge is -2.10. The summed E-state index contributed by atoms with van der Waals surface area (Å²) < 4.78 is 11.3. The summed E-state index contributed by atoms with van der Waals surface area (Å²) in [6, 6.07) is 17.9. The van der Waals surface area contributed by atoms with Crippen LogP contribution in [0.15, 0.2) is 65.1 Å². The lowest BCUT2D eigenvalue weighted by molar-refractivity contribution is -0.118. The number of carbonyl (C=O) groups excluding carboxylic acids is 1. The van der Waals surface area contributed by atoms with Crippen molar-refractivity contribution < 1.29 is 13.9 Å². The van der Waals surface area contributed by atoms with Crippen molar-refractivity contribution >= 4 is 45.9 Å². The van der Waals surface area contributed by atoms with E-state index < -0.39 is 0 Å². The Morgan fingerprint density at radius 1 is 1.07 bits per heavy atom. The summed E-state index contributed by atoms with van der Waals surface area (Å²) >= 11 is 12.3. The van der Waals surface area contributed by atoms with Crippen LogP contribution in [0.5, 0.6) is 5.75 Å². The number of carbonyl (C=O) groups is 1. The Morgan fingerprint density at radius 3 is 2.72 bits per heavy atom. The molecule has 0 aliphatic heterocycles. The fourth-order valence-corrected chi connectivity index (χ4v) is 3.16. The number of benzene rings is 3. The number of amides is 1. The second kappa shape index (κ2) is 8.15. The van der Waals surface area contributed by atoms with Crippen LogP contribution in [0.1, 0.15) is 5.56 Å². The fourth-order valence-electron chi connectivity index (χ4n) is 2.80. The van der Waals surface area contributed by atoms with Crippen LogP contribution in [-0.4, -0.2) is 17.5 Å². The summed E-state index contributed by atoms with van der Waals surface area (Å²) in [5.74, 6) is 0.521. The van der Waals surface area contributed by atoms with Gasteiger partial charge in [-0.05, 0) is 55.0 Å². The first-order chi connectivity index (χ1) is 14.0. The van der Waals surface area contributed by atoms with E-state index in [1.54, 1.807) is 42.5 Å². The van der Waals surface area contributed by atoms with Crippen LogP contribution >= 0.6 is 23.2 Å². The third-order valence-electron chi connectivity index (χ3n) is 4.23. The maximum atomic E-state index is 12.3. The van der Waals surface area contributed by atoms with Crippen molar-refractivity contribution in [1.29, 1.82) is 0 Å². The molecule has 5 nitrogen and oxygen atoms in total. The number of fused-ring (bicyclic) bond motifs is 1. The maximum Gasteiger partial charge on any atom is 0.262 e. The number of oxazole rings is 1. The predicted molar refractivity (Wildman–Crippen MR) is 115 cm³/mol. The number of ether oxygens (including phenoxy) is 1. The number of hydrogen-bond acceptors (Lipinski definition) is 4. The quantitative estimate of drug-likeness (QED) is 0.416. The van der Waals surface area contributed by atoms with E-state index in [0.29, 0.717) is 38.5 Å². The molecule has 7 heteroatoms. The first kappa shape index (κ1) is 19.3. The number of rotatable bonds is 5. The lowest BCUT2D eigenvalue weighted by Crippen LogP contribution is -2.20. The van der Waals surface area contributed by atoms with Crippen LogP contribution in [0.4, 0.5) is 5.69 Å². The van der Waals surface area contributed by atoms with Crippen LogP contribution in [0, 0.1) is 6.92 Å². The zero-order chi connectivity index (χ0) is 20.4. The van der Waals surface area contributed by atoms with E-state index in [0.717, 1.165) is 11.1 Å². The monoisotopic (exact) mass is 426 g/mol. The van der Waals surface area contributed by atoms with Gasteiger partial charge in [0, 0.05) is 5.56 Å². The molecule has 146 valence electrons. The molecule has 0 aliphatic rings.